The molecule has 0 radical (unpaired) electrons. The quantitative estimate of drug-likeness (QED) is 0.795. The second kappa shape index (κ2) is 7.57. The van der Waals surface area contributed by atoms with Crippen molar-refractivity contribution in [2.75, 3.05) is 6.61 Å². The van der Waals surface area contributed by atoms with Crippen molar-refractivity contribution in [2.45, 2.75) is 18.9 Å². The minimum Gasteiger partial charge on any atom is -0.482 e. The summed E-state index contributed by atoms with van der Waals surface area (Å²) in [5.41, 5.74) is 1.95. The number of carbonyl (C=O) groups excluding carboxylic acids is 1. The molecule has 6 heteroatoms. The Morgan fingerprint density at radius 2 is 2.00 bits per heavy atom. The first kappa shape index (κ1) is 17.3. The largest absolute Gasteiger partial charge is 0.482 e. The molecule has 5 nitrogen and oxygen atoms in total. The van der Waals surface area contributed by atoms with Crippen molar-refractivity contribution >= 4 is 23.5 Å². The van der Waals surface area contributed by atoms with E-state index in [9.17, 15) is 9.59 Å². The number of carbonyl (C=O) groups is 2. The monoisotopic (exact) mass is 359 g/mol. The Kier molecular flexibility index (Phi) is 5.24. The smallest absolute Gasteiger partial charge is 0.341 e. The number of amides is 1. The zero-order valence-corrected chi connectivity index (χ0v) is 14.2. The van der Waals surface area contributed by atoms with E-state index in [1.807, 2.05) is 30.3 Å². The van der Waals surface area contributed by atoms with Crippen LogP contribution in [0.25, 0.3) is 0 Å². The van der Waals surface area contributed by atoms with E-state index in [2.05, 4.69) is 5.32 Å². The van der Waals surface area contributed by atoms with Gasteiger partial charge in [0, 0.05) is 17.5 Å². The van der Waals surface area contributed by atoms with Crippen LogP contribution in [0.1, 0.15) is 23.5 Å². The third kappa shape index (κ3) is 4.73. The SMILES string of the molecule is O=C(O)COc1cccc(CNC(=O)C2CC2c2cccc(Cl)c2)c1. The lowest BCUT2D eigenvalue weighted by Gasteiger charge is -2.08. The molecule has 0 bridgehead atoms. The van der Waals surface area contributed by atoms with Crippen LogP contribution in [0, 0.1) is 5.92 Å². The molecule has 0 heterocycles. The Morgan fingerprint density at radius 3 is 2.76 bits per heavy atom. The number of rotatable bonds is 7. The average Bonchev–Trinajstić information content (AvgIpc) is 3.39. The van der Waals surface area contributed by atoms with Gasteiger partial charge in [0.05, 0.1) is 0 Å². The zero-order chi connectivity index (χ0) is 17.8. The summed E-state index contributed by atoms with van der Waals surface area (Å²) in [6, 6.07) is 14.7. The van der Waals surface area contributed by atoms with Gasteiger partial charge in [0.1, 0.15) is 5.75 Å². The van der Waals surface area contributed by atoms with Crippen LogP contribution >= 0.6 is 11.6 Å². The summed E-state index contributed by atoms with van der Waals surface area (Å²) in [4.78, 5) is 22.8. The highest BCUT2D eigenvalue weighted by molar-refractivity contribution is 6.30. The lowest BCUT2D eigenvalue weighted by molar-refractivity contribution is -0.139. The first-order valence-corrected chi connectivity index (χ1v) is 8.37. The molecule has 3 rings (SSSR count). The predicted molar refractivity (Wildman–Crippen MR) is 93.7 cm³/mol. The molecule has 2 aromatic carbocycles. The minimum absolute atomic E-state index is 0.0156. The molecule has 2 N–H and O–H groups in total. The van der Waals surface area contributed by atoms with Crippen LogP contribution in [0.4, 0.5) is 0 Å². The van der Waals surface area contributed by atoms with Crippen molar-refractivity contribution in [3.8, 4) is 5.75 Å². The molecular formula is C19H18ClNO4. The number of hydrogen-bond donors (Lipinski definition) is 2. The molecule has 1 amide bonds. The number of ether oxygens (including phenoxy) is 1. The van der Waals surface area contributed by atoms with E-state index in [4.69, 9.17) is 21.4 Å². The molecule has 0 saturated heterocycles. The van der Waals surface area contributed by atoms with Gasteiger partial charge in [-0.1, -0.05) is 35.9 Å². The summed E-state index contributed by atoms with van der Waals surface area (Å²) >= 11 is 6.00. The lowest BCUT2D eigenvalue weighted by Crippen LogP contribution is -2.24. The number of nitrogens with one attached hydrogen (secondary N) is 1. The van der Waals surface area contributed by atoms with Gasteiger partial charge in [-0.3, -0.25) is 4.79 Å². The van der Waals surface area contributed by atoms with Gasteiger partial charge in [-0.25, -0.2) is 4.79 Å². The molecule has 130 valence electrons. The van der Waals surface area contributed by atoms with Crippen molar-refractivity contribution < 1.29 is 19.4 Å². The second-order valence-electron chi connectivity index (χ2n) is 6.05. The van der Waals surface area contributed by atoms with Crippen molar-refractivity contribution in [3.05, 3.63) is 64.7 Å². The summed E-state index contributed by atoms with van der Waals surface area (Å²) in [7, 11) is 0. The van der Waals surface area contributed by atoms with Gasteiger partial charge in [-0.2, -0.15) is 0 Å². The van der Waals surface area contributed by atoms with Crippen molar-refractivity contribution in [3.63, 3.8) is 0 Å². The first-order valence-electron chi connectivity index (χ1n) is 7.99. The van der Waals surface area contributed by atoms with Crippen LogP contribution in [0.5, 0.6) is 5.75 Å². The maximum atomic E-state index is 12.3. The van der Waals surface area contributed by atoms with Gasteiger partial charge in [0.25, 0.3) is 0 Å². The Balaban J connectivity index is 1.51. The number of carboxylic acids is 1. The van der Waals surface area contributed by atoms with E-state index in [-0.39, 0.29) is 24.3 Å². The molecule has 0 spiro atoms. The standard InChI is InChI=1S/C19H18ClNO4/c20-14-5-2-4-13(8-14)16-9-17(16)19(24)21-10-12-3-1-6-15(7-12)25-11-18(22)23/h1-8,16-17H,9-11H2,(H,21,24)(H,22,23). The zero-order valence-electron chi connectivity index (χ0n) is 13.4. The van der Waals surface area contributed by atoms with E-state index in [1.54, 1.807) is 18.2 Å². The minimum atomic E-state index is -1.03. The van der Waals surface area contributed by atoms with Crippen LogP contribution < -0.4 is 10.1 Å². The van der Waals surface area contributed by atoms with Crippen molar-refractivity contribution in [1.82, 2.24) is 5.32 Å². The van der Waals surface area contributed by atoms with E-state index < -0.39 is 5.97 Å². The number of aliphatic carboxylic acids is 1. The fourth-order valence-electron chi connectivity index (χ4n) is 2.80. The molecule has 0 aliphatic heterocycles. The Bertz CT molecular complexity index is 792. The maximum Gasteiger partial charge on any atom is 0.341 e. The third-order valence-corrected chi connectivity index (χ3v) is 4.37. The van der Waals surface area contributed by atoms with Crippen molar-refractivity contribution in [2.24, 2.45) is 5.92 Å². The molecule has 1 aliphatic carbocycles. The highest BCUT2D eigenvalue weighted by Crippen LogP contribution is 2.47. The molecule has 25 heavy (non-hydrogen) atoms. The normalized spacial score (nSPS) is 18.4. The fourth-order valence-corrected chi connectivity index (χ4v) is 3.00. The number of carboxylic acid groups (broad SMARTS) is 1. The molecule has 1 aliphatic rings. The van der Waals surface area contributed by atoms with E-state index in [0.717, 1.165) is 17.5 Å². The molecule has 0 aromatic heterocycles. The summed E-state index contributed by atoms with van der Waals surface area (Å²) < 4.78 is 5.14. The molecule has 1 fully saturated rings. The van der Waals surface area contributed by atoms with Crippen molar-refractivity contribution in [1.29, 1.82) is 0 Å². The fraction of sp³-hybridized carbons (Fsp3) is 0.263. The van der Waals surface area contributed by atoms with Crippen LogP contribution in [-0.4, -0.2) is 23.6 Å². The van der Waals surface area contributed by atoms with E-state index in [0.29, 0.717) is 17.3 Å². The van der Waals surface area contributed by atoms with Gasteiger partial charge in [0.15, 0.2) is 6.61 Å². The number of hydrogen-bond acceptors (Lipinski definition) is 3. The summed E-state index contributed by atoms with van der Waals surface area (Å²) in [5.74, 6) is -0.340. The third-order valence-electron chi connectivity index (χ3n) is 4.13. The molecule has 1 saturated carbocycles. The summed E-state index contributed by atoms with van der Waals surface area (Å²) in [5, 5.41) is 12.2. The lowest BCUT2D eigenvalue weighted by atomic mass is 10.1. The average molecular weight is 360 g/mol. The molecule has 2 aromatic rings. The van der Waals surface area contributed by atoms with Crippen LogP contribution in [0.2, 0.25) is 5.02 Å². The Morgan fingerprint density at radius 1 is 1.20 bits per heavy atom. The first-order chi connectivity index (χ1) is 12.0. The number of benzene rings is 2. The predicted octanol–water partition coefficient (Wildman–Crippen LogP) is 3.22. The van der Waals surface area contributed by atoms with Gasteiger partial charge in [-0.15, -0.1) is 0 Å². The maximum absolute atomic E-state index is 12.3. The molecule has 2 atom stereocenters. The Labute approximate surface area is 150 Å². The van der Waals surface area contributed by atoms with Gasteiger partial charge >= 0.3 is 5.97 Å². The van der Waals surface area contributed by atoms with Gasteiger partial charge in [0.2, 0.25) is 5.91 Å². The molecular weight excluding hydrogens is 342 g/mol. The molecule has 2 unspecified atom stereocenters. The van der Waals surface area contributed by atoms with Crippen LogP contribution in [-0.2, 0) is 16.1 Å². The van der Waals surface area contributed by atoms with E-state index in [1.165, 1.54) is 0 Å². The highest BCUT2D eigenvalue weighted by atomic mass is 35.5. The topological polar surface area (TPSA) is 75.6 Å². The number of halogens is 1. The highest BCUT2D eigenvalue weighted by Gasteiger charge is 2.43. The van der Waals surface area contributed by atoms with Gasteiger partial charge < -0.3 is 15.2 Å². The van der Waals surface area contributed by atoms with Crippen LogP contribution in [0.15, 0.2) is 48.5 Å². The Hall–Kier alpha value is -2.53. The summed E-state index contributed by atoms with van der Waals surface area (Å²) in [6.45, 7) is -0.0128. The van der Waals surface area contributed by atoms with E-state index >= 15 is 0 Å². The van der Waals surface area contributed by atoms with Gasteiger partial charge in [-0.05, 0) is 47.7 Å². The summed E-state index contributed by atoms with van der Waals surface area (Å²) in [6.07, 6.45) is 0.827. The van der Waals surface area contributed by atoms with Crippen LogP contribution in [0.3, 0.4) is 0 Å². The second-order valence-corrected chi connectivity index (χ2v) is 6.49.